The van der Waals surface area contributed by atoms with Gasteiger partial charge in [0.1, 0.15) is 5.75 Å². The molecular formula is C20H29N3O2. The van der Waals surface area contributed by atoms with E-state index in [4.69, 9.17) is 4.74 Å². The van der Waals surface area contributed by atoms with E-state index < -0.39 is 0 Å². The summed E-state index contributed by atoms with van der Waals surface area (Å²) in [6.07, 6.45) is 5.90. The first-order valence-electron chi connectivity index (χ1n) is 9.50. The van der Waals surface area contributed by atoms with Crippen LogP contribution in [0.15, 0.2) is 24.3 Å². The third kappa shape index (κ3) is 3.22. The lowest BCUT2D eigenvalue weighted by atomic mass is 9.96. The maximum atomic E-state index is 12.7. The number of rotatable bonds is 4. The molecule has 3 fully saturated rings. The second-order valence-corrected chi connectivity index (χ2v) is 7.95. The highest BCUT2D eigenvalue weighted by atomic mass is 16.5. The lowest BCUT2D eigenvalue weighted by molar-refractivity contribution is 0.187. The molecule has 3 aliphatic rings. The summed E-state index contributed by atoms with van der Waals surface area (Å²) in [5.41, 5.74) is 1.44. The average Bonchev–Trinajstić information content (AvgIpc) is 3.36. The first-order chi connectivity index (χ1) is 12.1. The Morgan fingerprint density at radius 2 is 1.92 bits per heavy atom. The van der Waals surface area contributed by atoms with Crippen molar-refractivity contribution in [2.45, 2.75) is 49.6 Å². The molecule has 1 N–H and O–H groups in total. The Labute approximate surface area is 150 Å². The summed E-state index contributed by atoms with van der Waals surface area (Å²) in [6, 6.07) is 9.61. The predicted molar refractivity (Wildman–Crippen MR) is 98.1 cm³/mol. The normalized spacial score (nSPS) is 27.7. The van der Waals surface area contributed by atoms with Gasteiger partial charge in [-0.25, -0.2) is 4.79 Å². The molecule has 2 amide bonds. The summed E-state index contributed by atoms with van der Waals surface area (Å²) < 4.78 is 5.24. The molecule has 2 atom stereocenters. The third-order valence-electron chi connectivity index (χ3n) is 6.57. The van der Waals surface area contributed by atoms with Crippen LogP contribution in [0.25, 0.3) is 0 Å². The topological polar surface area (TPSA) is 44.8 Å². The molecule has 5 nitrogen and oxygen atoms in total. The Bertz CT molecular complexity index is 626. The molecule has 1 aromatic carbocycles. The molecule has 0 radical (unpaired) electrons. The molecule has 2 heterocycles. The molecule has 1 saturated carbocycles. The zero-order chi connectivity index (χ0) is 17.4. The van der Waals surface area contributed by atoms with Crippen molar-refractivity contribution in [2.24, 2.45) is 0 Å². The lowest BCUT2D eigenvalue weighted by Gasteiger charge is -2.27. The van der Waals surface area contributed by atoms with Crippen molar-refractivity contribution < 1.29 is 9.53 Å². The molecular weight excluding hydrogens is 314 g/mol. The van der Waals surface area contributed by atoms with Gasteiger partial charge in [-0.15, -0.1) is 0 Å². The van der Waals surface area contributed by atoms with Crippen LogP contribution in [0, 0.1) is 0 Å². The molecule has 4 rings (SSSR count). The van der Waals surface area contributed by atoms with Crippen LogP contribution in [0.2, 0.25) is 0 Å². The number of benzene rings is 1. The van der Waals surface area contributed by atoms with Gasteiger partial charge < -0.3 is 15.0 Å². The van der Waals surface area contributed by atoms with E-state index in [2.05, 4.69) is 29.4 Å². The maximum Gasteiger partial charge on any atom is 0.317 e. The van der Waals surface area contributed by atoms with Gasteiger partial charge in [-0.2, -0.15) is 0 Å². The highest BCUT2D eigenvalue weighted by Crippen LogP contribution is 2.48. The Balaban J connectivity index is 1.35. The number of carbonyl (C=O) groups is 1. The number of urea groups is 1. The number of carbonyl (C=O) groups excluding carboxylic acids is 1. The van der Waals surface area contributed by atoms with Crippen LogP contribution in [0.3, 0.4) is 0 Å². The van der Waals surface area contributed by atoms with Crippen molar-refractivity contribution >= 4 is 6.03 Å². The lowest BCUT2D eigenvalue weighted by Crippen LogP contribution is -2.46. The van der Waals surface area contributed by atoms with Crippen molar-refractivity contribution in [3.8, 4) is 5.75 Å². The third-order valence-corrected chi connectivity index (χ3v) is 6.57. The molecule has 2 saturated heterocycles. The molecule has 2 aliphatic heterocycles. The monoisotopic (exact) mass is 343 g/mol. The zero-order valence-electron chi connectivity index (χ0n) is 15.3. The molecule has 0 aromatic heterocycles. The van der Waals surface area contributed by atoms with Crippen molar-refractivity contribution in [2.75, 3.05) is 33.8 Å². The summed E-state index contributed by atoms with van der Waals surface area (Å²) in [4.78, 5) is 17.2. The van der Waals surface area contributed by atoms with E-state index in [-0.39, 0.29) is 11.4 Å². The quantitative estimate of drug-likeness (QED) is 0.914. The first kappa shape index (κ1) is 16.7. The molecule has 25 heavy (non-hydrogen) atoms. The molecule has 1 aromatic rings. The van der Waals surface area contributed by atoms with E-state index in [0.29, 0.717) is 12.1 Å². The van der Waals surface area contributed by atoms with Gasteiger partial charge in [0.05, 0.1) is 7.11 Å². The number of likely N-dealkylation sites (tertiary alicyclic amines) is 1. The largest absolute Gasteiger partial charge is 0.497 e. The minimum atomic E-state index is 0.112. The van der Waals surface area contributed by atoms with Gasteiger partial charge >= 0.3 is 6.03 Å². The van der Waals surface area contributed by atoms with Crippen molar-refractivity contribution in [1.29, 1.82) is 0 Å². The van der Waals surface area contributed by atoms with E-state index in [1.54, 1.807) is 7.11 Å². The van der Waals surface area contributed by atoms with E-state index in [1.807, 2.05) is 17.0 Å². The SMILES string of the molecule is COc1ccc(C2(CNC(=O)N3CCC4CCC(C3)N4C)CC2)cc1. The Morgan fingerprint density at radius 3 is 2.60 bits per heavy atom. The highest BCUT2D eigenvalue weighted by molar-refractivity contribution is 5.74. The number of amides is 2. The molecule has 5 heteroatoms. The van der Waals surface area contributed by atoms with Crippen LogP contribution >= 0.6 is 0 Å². The number of ether oxygens (including phenoxy) is 1. The standard InChI is InChI=1S/C20H29N3O2/c1-22-16-5-6-17(22)13-23(12-9-16)19(24)21-14-20(10-11-20)15-3-7-18(25-2)8-4-15/h3-4,7-8,16-17H,5-6,9-14H2,1-2H3,(H,21,24). The molecule has 136 valence electrons. The van der Waals surface area contributed by atoms with Gasteiger partial charge in [0.2, 0.25) is 0 Å². The fourth-order valence-electron chi connectivity index (χ4n) is 4.51. The minimum absolute atomic E-state index is 0.112. The van der Waals surface area contributed by atoms with Crippen LogP contribution in [0.4, 0.5) is 4.79 Å². The number of nitrogens with one attached hydrogen (secondary N) is 1. The van der Waals surface area contributed by atoms with Crippen molar-refractivity contribution in [3.63, 3.8) is 0 Å². The van der Waals surface area contributed by atoms with Gasteiger partial charge in [-0.3, -0.25) is 4.90 Å². The summed E-state index contributed by atoms with van der Waals surface area (Å²) in [6.45, 7) is 2.49. The van der Waals surface area contributed by atoms with Crippen LogP contribution in [-0.2, 0) is 5.41 Å². The van der Waals surface area contributed by atoms with Gasteiger partial charge in [-0.05, 0) is 56.8 Å². The molecule has 1 aliphatic carbocycles. The number of fused-ring (bicyclic) bond motifs is 2. The Hall–Kier alpha value is -1.75. The van der Waals surface area contributed by atoms with Crippen molar-refractivity contribution in [3.05, 3.63) is 29.8 Å². The van der Waals surface area contributed by atoms with Gasteiger partial charge in [0.25, 0.3) is 0 Å². The first-order valence-corrected chi connectivity index (χ1v) is 9.50. The molecule has 2 bridgehead atoms. The fraction of sp³-hybridized carbons (Fsp3) is 0.650. The van der Waals surface area contributed by atoms with E-state index >= 15 is 0 Å². The van der Waals surface area contributed by atoms with Crippen molar-refractivity contribution in [1.82, 2.24) is 15.1 Å². The summed E-state index contributed by atoms with van der Waals surface area (Å²) in [7, 11) is 3.90. The number of hydrogen-bond donors (Lipinski definition) is 1. The summed E-state index contributed by atoms with van der Waals surface area (Å²) in [5, 5.41) is 3.22. The zero-order valence-corrected chi connectivity index (χ0v) is 15.3. The van der Waals surface area contributed by atoms with Gasteiger partial charge in [-0.1, -0.05) is 12.1 Å². The number of likely N-dealkylation sites (N-methyl/N-ethyl adjacent to an activating group) is 1. The van der Waals surface area contributed by atoms with Crippen LogP contribution in [0.1, 0.15) is 37.7 Å². The highest BCUT2D eigenvalue weighted by Gasteiger charge is 2.45. The van der Waals surface area contributed by atoms with E-state index in [1.165, 1.54) is 18.4 Å². The van der Waals surface area contributed by atoms with E-state index in [0.717, 1.165) is 44.6 Å². The number of hydrogen-bond acceptors (Lipinski definition) is 3. The van der Waals surface area contributed by atoms with Gasteiger partial charge in [0, 0.05) is 37.1 Å². The van der Waals surface area contributed by atoms with Crippen LogP contribution < -0.4 is 10.1 Å². The van der Waals surface area contributed by atoms with Crippen LogP contribution in [-0.4, -0.2) is 61.7 Å². The number of methoxy groups -OCH3 is 1. The fourth-order valence-corrected chi connectivity index (χ4v) is 4.51. The second-order valence-electron chi connectivity index (χ2n) is 7.95. The number of nitrogens with zero attached hydrogens (tertiary/aromatic N) is 2. The Morgan fingerprint density at radius 1 is 1.20 bits per heavy atom. The average molecular weight is 343 g/mol. The second kappa shape index (κ2) is 6.52. The molecule has 0 spiro atoms. The predicted octanol–water partition coefficient (Wildman–Crippen LogP) is 2.60. The summed E-state index contributed by atoms with van der Waals surface area (Å²) >= 11 is 0. The Kier molecular flexibility index (Phi) is 4.36. The smallest absolute Gasteiger partial charge is 0.317 e. The summed E-state index contributed by atoms with van der Waals surface area (Å²) in [5.74, 6) is 0.882. The van der Waals surface area contributed by atoms with Gasteiger partial charge in [0.15, 0.2) is 0 Å². The maximum absolute atomic E-state index is 12.7. The minimum Gasteiger partial charge on any atom is -0.497 e. The van der Waals surface area contributed by atoms with E-state index in [9.17, 15) is 4.79 Å². The van der Waals surface area contributed by atoms with Crippen LogP contribution in [0.5, 0.6) is 5.75 Å². The molecule has 2 unspecified atom stereocenters.